The van der Waals surface area contributed by atoms with E-state index in [1.807, 2.05) is 0 Å². The largest absolute Gasteiger partial charge is 0.311 e. The molecule has 0 N–H and O–H groups in total. The van der Waals surface area contributed by atoms with E-state index >= 15 is 0 Å². The average Bonchev–Trinajstić information content (AvgIpc) is 3.56. The predicted molar refractivity (Wildman–Crippen MR) is 238 cm³/mol. The summed E-state index contributed by atoms with van der Waals surface area (Å²) in [5, 5.41) is 2.53. The molecule has 0 saturated heterocycles. The van der Waals surface area contributed by atoms with E-state index in [1.54, 1.807) is 11.1 Å². The van der Waals surface area contributed by atoms with Gasteiger partial charge in [0.2, 0.25) is 0 Å². The van der Waals surface area contributed by atoms with Gasteiger partial charge in [-0.05, 0) is 171 Å². The normalized spacial score (nSPS) is 22.5. The fourth-order valence-electron chi connectivity index (χ4n) is 12.2. The number of hydrogen-bond donors (Lipinski definition) is 0. The zero-order valence-corrected chi connectivity index (χ0v) is 32.2. The zero-order valence-electron chi connectivity index (χ0n) is 32.2. The van der Waals surface area contributed by atoms with Gasteiger partial charge in [-0.1, -0.05) is 140 Å². The highest BCUT2D eigenvalue weighted by Crippen LogP contribution is 2.69. The van der Waals surface area contributed by atoms with Crippen molar-refractivity contribution >= 4 is 27.8 Å². The lowest BCUT2D eigenvalue weighted by atomic mass is 9.43. The summed E-state index contributed by atoms with van der Waals surface area (Å²) in [7, 11) is 0. The van der Waals surface area contributed by atoms with Crippen LogP contribution in [0.3, 0.4) is 0 Å². The Morgan fingerprint density at radius 1 is 0.333 bits per heavy atom. The summed E-state index contributed by atoms with van der Waals surface area (Å²) in [6, 6.07) is 70.2. The quantitative estimate of drug-likeness (QED) is 0.165. The van der Waals surface area contributed by atoms with Crippen molar-refractivity contribution in [2.75, 3.05) is 4.90 Å². The van der Waals surface area contributed by atoms with Gasteiger partial charge in [-0.3, -0.25) is 0 Å². The first kappa shape index (κ1) is 33.0. The van der Waals surface area contributed by atoms with Gasteiger partial charge in [-0.25, -0.2) is 0 Å². The van der Waals surface area contributed by atoms with Gasteiger partial charge in [0.1, 0.15) is 0 Å². The van der Waals surface area contributed by atoms with Crippen molar-refractivity contribution in [2.45, 2.75) is 37.5 Å². The third kappa shape index (κ3) is 5.21. The molecular weight excluding hydrogens is 687 g/mol. The molecule has 0 unspecified atom stereocenters. The second-order valence-corrected chi connectivity index (χ2v) is 17.4. The summed E-state index contributed by atoms with van der Waals surface area (Å²) >= 11 is 0. The predicted octanol–water partition coefficient (Wildman–Crippen LogP) is 15.0. The Morgan fingerprint density at radius 3 is 1.42 bits per heavy atom. The fraction of sp³-hybridized carbons (Fsp3) is 0.179. The molecule has 13 rings (SSSR count). The molecule has 1 heteroatoms. The Morgan fingerprint density at radius 2 is 0.789 bits per heavy atom. The highest BCUT2D eigenvalue weighted by Gasteiger charge is 2.61. The maximum Gasteiger partial charge on any atom is 0.0462 e. The number of anilines is 3. The van der Waals surface area contributed by atoms with Crippen molar-refractivity contribution in [2.24, 2.45) is 23.7 Å². The zero-order chi connectivity index (χ0) is 37.5. The molecule has 0 radical (unpaired) electrons. The van der Waals surface area contributed by atoms with Crippen LogP contribution in [0.25, 0.3) is 55.3 Å². The molecule has 0 atom stereocenters. The molecule has 0 aliphatic heterocycles. The van der Waals surface area contributed by atoms with Crippen molar-refractivity contribution in [1.29, 1.82) is 0 Å². The molecule has 57 heavy (non-hydrogen) atoms. The molecule has 0 aromatic heterocycles. The average molecular weight is 732 g/mol. The van der Waals surface area contributed by atoms with E-state index in [-0.39, 0.29) is 5.41 Å². The maximum absolute atomic E-state index is 2.54. The molecule has 4 bridgehead atoms. The lowest BCUT2D eigenvalue weighted by Crippen LogP contribution is -2.55. The number of hydrogen-bond acceptors (Lipinski definition) is 1. The first-order valence-corrected chi connectivity index (χ1v) is 21.1. The SMILES string of the molecule is c1ccc(-c2ccc(N(c3ccc(-c4ccc5c(c4)-c4ccccc4C54C5CC6CC(C5)CC4C6)cc3)c3ccc(-c4ccc5ccccc5c4)cc3)cc2)cc1. The van der Waals surface area contributed by atoms with E-state index in [2.05, 4.69) is 193 Å². The molecule has 274 valence electrons. The van der Waals surface area contributed by atoms with E-state index < -0.39 is 0 Å². The molecule has 0 amide bonds. The second kappa shape index (κ2) is 12.9. The van der Waals surface area contributed by atoms with Crippen LogP contribution < -0.4 is 4.90 Å². The van der Waals surface area contributed by atoms with Gasteiger partial charge in [-0.2, -0.15) is 0 Å². The molecule has 8 aromatic carbocycles. The Balaban J connectivity index is 0.908. The van der Waals surface area contributed by atoms with E-state index in [9.17, 15) is 0 Å². The number of rotatable bonds is 6. The van der Waals surface area contributed by atoms with Gasteiger partial charge in [-0.15, -0.1) is 0 Å². The molecule has 5 aliphatic rings. The molecular formula is C56H45N. The molecule has 0 heterocycles. The van der Waals surface area contributed by atoms with E-state index in [1.165, 1.54) is 87.4 Å². The summed E-state index contributed by atoms with van der Waals surface area (Å²) in [6.07, 6.45) is 7.16. The second-order valence-electron chi connectivity index (χ2n) is 17.4. The third-order valence-corrected chi connectivity index (χ3v) is 14.5. The lowest BCUT2D eigenvalue weighted by Gasteiger charge is -2.61. The number of nitrogens with zero attached hydrogens (tertiary/aromatic N) is 1. The lowest BCUT2D eigenvalue weighted by molar-refractivity contribution is -0.0399. The minimum Gasteiger partial charge on any atom is -0.311 e. The Hall–Kier alpha value is -6.18. The molecule has 8 aromatic rings. The van der Waals surface area contributed by atoms with Gasteiger partial charge < -0.3 is 4.90 Å². The van der Waals surface area contributed by atoms with Gasteiger partial charge in [0.05, 0.1) is 0 Å². The Labute approximate surface area is 336 Å². The molecule has 4 fully saturated rings. The van der Waals surface area contributed by atoms with Crippen LogP contribution in [0.5, 0.6) is 0 Å². The van der Waals surface area contributed by atoms with Gasteiger partial charge >= 0.3 is 0 Å². The van der Waals surface area contributed by atoms with Crippen LogP contribution in [0, 0.1) is 23.7 Å². The van der Waals surface area contributed by atoms with Crippen LogP contribution in [0.1, 0.15) is 43.2 Å². The Kier molecular flexibility index (Phi) is 7.49. The molecule has 1 spiro atoms. The van der Waals surface area contributed by atoms with Crippen molar-refractivity contribution in [3.63, 3.8) is 0 Å². The summed E-state index contributed by atoms with van der Waals surface area (Å²) < 4.78 is 0. The van der Waals surface area contributed by atoms with E-state index in [4.69, 9.17) is 0 Å². The summed E-state index contributed by atoms with van der Waals surface area (Å²) in [6.45, 7) is 0. The van der Waals surface area contributed by atoms with Crippen molar-refractivity contribution < 1.29 is 0 Å². The highest BCUT2D eigenvalue weighted by atomic mass is 15.1. The summed E-state index contributed by atoms with van der Waals surface area (Å²) in [5.41, 5.74) is 17.3. The van der Waals surface area contributed by atoms with E-state index in [0.717, 1.165) is 40.7 Å². The van der Waals surface area contributed by atoms with Gasteiger partial charge in [0, 0.05) is 22.5 Å². The summed E-state index contributed by atoms with van der Waals surface area (Å²) in [5.74, 6) is 3.48. The third-order valence-electron chi connectivity index (χ3n) is 14.5. The number of fused-ring (bicyclic) bond motifs is 4. The Bertz CT molecular complexity index is 2750. The van der Waals surface area contributed by atoms with Crippen LogP contribution >= 0.6 is 0 Å². The monoisotopic (exact) mass is 731 g/mol. The van der Waals surface area contributed by atoms with Crippen LogP contribution in [0.4, 0.5) is 17.1 Å². The topological polar surface area (TPSA) is 3.24 Å². The van der Waals surface area contributed by atoms with Crippen LogP contribution in [-0.2, 0) is 5.41 Å². The molecule has 5 aliphatic carbocycles. The maximum atomic E-state index is 2.54. The van der Waals surface area contributed by atoms with Gasteiger partial charge in [0.25, 0.3) is 0 Å². The van der Waals surface area contributed by atoms with E-state index in [0.29, 0.717) is 0 Å². The van der Waals surface area contributed by atoms with Crippen molar-refractivity contribution in [3.05, 3.63) is 199 Å². The smallest absolute Gasteiger partial charge is 0.0462 e. The van der Waals surface area contributed by atoms with Crippen molar-refractivity contribution in [1.82, 2.24) is 0 Å². The first-order chi connectivity index (χ1) is 28.2. The first-order valence-electron chi connectivity index (χ1n) is 21.1. The summed E-state index contributed by atoms with van der Waals surface area (Å²) in [4.78, 5) is 2.39. The fourth-order valence-corrected chi connectivity index (χ4v) is 12.2. The minimum atomic E-state index is 0.210. The van der Waals surface area contributed by atoms with Crippen molar-refractivity contribution in [3.8, 4) is 44.5 Å². The standard InChI is InChI=1S/C56H45N/c1-2-8-39(9-3-1)41-16-23-49(24-17-41)57(50-25-18-42(19-26-50)45-15-14-40-10-4-5-11-44(40)35-45)51-27-20-43(21-28-51)46-22-29-55-53(36-46)52-12-6-7-13-54(52)56(55)47-31-37-30-38(33-47)34-48(56)32-37/h1-29,35-38,47-48H,30-34H2. The highest BCUT2D eigenvalue weighted by molar-refractivity contribution is 5.89. The van der Waals surface area contributed by atoms with Crippen LogP contribution in [-0.4, -0.2) is 0 Å². The molecule has 4 saturated carbocycles. The number of benzene rings is 8. The van der Waals surface area contributed by atoms with Crippen LogP contribution in [0.15, 0.2) is 188 Å². The molecule has 1 nitrogen and oxygen atoms in total. The van der Waals surface area contributed by atoms with Crippen LogP contribution in [0.2, 0.25) is 0 Å². The minimum absolute atomic E-state index is 0.210. The van der Waals surface area contributed by atoms with Gasteiger partial charge in [0.15, 0.2) is 0 Å².